The van der Waals surface area contributed by atoms with Gasteiger partial charge in [-0.3, -0.25) is 14.6 Å². The smallest absolute Gasteiger partial charge is 0.295 e. The number of pyridine rings is 1. The number of nitrogens with zero attached hydrogens (tertiary/aromatic N) is 2. The van der Waals surface area contributed by atoms with E-state index in [0.29, 0.717) is 11.1 Å². The average Bonchev–Trinajstić information content (AvgIpc) is 3.00. The van der Waals surface area contributed by atoms with Gasteiger partial charge in [-0.15, -0.1) is 0 Å². The molecule has 0 bridgehead atoms. The van der Waals surface area contributed by atoms with Crippen LogP contribution in [0.1, 0.15) is 22.7 Å². The second-order valence-corrected chi connectivity index (χ2v) is 7.76. The average molecular weight is 467 g/mol. The molecule has 1 aromatic heterocycles. The van der Waals surface area contributed by atoms with Crippen molar-refractivity contribution >= 4 is 33.4 Å². The molecule has 1 saturated heterocycles. The maximum absolute atomic E-state index is 13.5. The topological polar surface area (TPSA) is 70.5 Å². The monoisotopic (exact) mass is 466 g/mol. The lowest BCUT2D eigenvalue weighted by Gasteiger charge is -2.25. The minimum atomic E-state index is -0.852. The normalized spacial score (nSPS) is 18.1. The van der Waals surface area contributed by atoms with E-state index >= 15 is 0 Å². The first-order chi connectivity index (χ1) is 14.5. The number of halogens is 2. The van der Waals surface area contributed by atoms with E-state index in [0.717, 1.165) is 10.0 Å². The third-order valence-electron chi connectivity index (χ3n) is 4.92. The molecule has 2 aromatic carbocycles. The van der Waals surface area contributed by atoms with Crippen LogP contribution in [0.25, 0.3) is 5.76 Å². The first-order valence-corrected chi connectivity index (χ1v) is 9.93. The number of aliphatic hydroxyl groups excluding tert-OH is 1. The van der Waals surface area contributed by atoms with E-state index in [1.807, 2.05) is 0 Å². The fourth-order valence-electron chi connectivity index (χ4n) is 3.49. The Kier molecular flexibility index (Phi) is 5.46. The second-order valence-electron chi connectivity index (χ2n) is 6.85. The van der Waals surface area contributed by atoms with Crippen LogP contribution in [0.3, 0.4) is 0 Å². The van der Waals surface area contributed by atoms with Crippen molar-refractivity contribution in [3.63, 3.8) is 0 Å². The van der Waals surface area contributed by atoms with Crippen LogP contribution in [0.2, 0.25) is 0 Å². The maximum atomic E-state index is 13.5. The van der Waals surface area contributed by atoms with Crippen LogP contribution in [0, 0.1) is 5.82 Å². The number of amides is 1. The summed E-state index contributed by atoms with van der Waals surface area (Å²) in [6.07, 6.45) is 3.22. The highest BCUT2D eigenvalue weighted by Gasteiger charge is 2.46. The van der Waals surface area contributed by atoms with Gasteiger partial charge in [0.1, 0.15) is 11.6 Å². The summed E-state index contributed by atoms with van der Waals surface area (Å²) in [5.74, 6) is -2.22. The molecular formula is C23H16BrFN2O3. The molecule has 0 radical (unpaired) electrons. The van der Waals surface area contributed by atoms with Crippen LogP contribution < -0.4 is 0 Å². The van der Waals surface area contributed by atoms with Crippen molar-refractivity contribution in [2.75, 3.05) is 0 Å². The first-order valence-electron chi connectivity index (χ1n) is 9.14. The third-order valence-corrected chi connectivity index (χ3v) is 5.45. The van der Waals surface area contributed by atoms with Gasteiger partial charge in [0.2, 0.25) is 0 Å². The van der Waals surface area contributed by atoms with Crippen LogP contribution in [-0.2, 0) is 16.1 Å². The molecule has 0 spiro atoms. The standard InChI is InChI=1S/C23H16BrFN2O3/c24-17-7-3-16(4-8-17)21(28)19-20(15-5-9-18(25)10-6-15)27(23(30)22(19)29)13-14-2-1-11-26-12-14/h1-12,20,28H,13H2/b21-19+. The van der Waals surface area contributed by atoms with Crippen LogP contribution in [0.15, 0.2) is 83.1 Å². The van der Waals surface area contributed by atoms with E-state index in [1.165, 1.54) is 29.2 Å². The molecule has 1 N–H and O–H groups in total. The highest BCUT2D eigenvalue weighted by molar-refractivity contribution is 9.10. The minimum absolute atomic E-state index is 0.0298. The number of likely N-dealkylation sites (tertiary alicyclic amines) is 1. The van der Waals surface area contributed by atoms with Gasteiger partial charge in [-0.25, -0.2) is 4.39 Å². The van der Waals surface area contributed by atoms with Crippen molar-refractivity contribution in [1.29, 1.82) is 0 Å². The summed E-state index contributed by atoms with van der Waals surface area (Å²) in [4.78, 5) is 31.2. The summed E-state index contributed by atoms with van der Waals surface area (Å²) >= 11 is 3.33. The van der Waals surface area contributed by atoms with Crippen molar-refractivity contribution < 1.29 is 19.1 Å². The molecular weight excluding hydrogens is 451 g/mol. The summed E-state index contributed by atoms with van der Waals surface area (Å²) in [5, 5.41) is 10.9. The molecule has 1 aliphatic heterocycles. The summed E-state index contributed by atoms with van der Waals surface area (Å²) in [7, 11) is 0. The molecule has 30 heavy (non-hydrogen) atoms. The predicted octanol–water partition coefficient (Wildman–Crippen LogP) is 4.61. The van der Waals surface area contributed by atoms with Crippen LogP contribution in [-0.4, -0.2) is 26.7 Å². The highest BCUT2D eigenvalue weighted by Crippen LogP contribution is 2.40. The SMILES string of the molecule is O=C1C(=O)N(Cc2cccnc2)C(c2ccc(F)cc2)/C1=C(\O)c1ccc(Br)cc1. The Labute approximate surface area is 180 Å². The molecule has 5 nitrogen and oxygen atoms in total. The summed E-state index contributed by atoms with van der Waals surface area (Å²) in [5.41, 5.74) is 1.64. The number of hydrogen-bond acceptors (Lipinski definition) is 4. The molecule has 1 fully saturated rings. The van der Waals surface area contributed by atoms with Gasteiger partial charge in [0.15, 0.2) is 0 Å². The maximum Gasteiger partial charge on any atom is 0.295 e. The molecule has 1 amide bonds. The van der Waals surface area contributed by atoms with Crippen LogP contribution in [0.5, 0.6) is 0 Å². The van der Waals surface area contributed by atoms with Crippen molar-refractivity contribution in [2.24, 2.45) is 0 Å². The van der Waals surface area contributed by atoms with E-state index in [2.05, 4.69) is 20.9 Å². The highest BCUT2D eigenvalue weighted by atomic mass is 79.9. The van der Waals surface area contributed by atoms with Gasteiger partial charge < -0.3 is 10.0 Å². The molecule has 0 saturated carbocycles. The van der Waals surface area contributed by atoms with Crippen molar-refractivity contribution in [2.45, 2.75) is 12.6 Å². The van der Waals surface area contributed by atoms with Gasteiger partial charge >= 0.3 is 0 Å². The number of rotatable bonds is 4. The number of aliphatic hydroxyl groups is 1. The molecule has 150 valence electrons. The van der Waals surface area contributed by atoms with Crippen molar-refractivity contribution in [3.8, 4) is 0 Å². The van der Waals surface area contributed by atoms with Crippen LogP contribution in [0.4, 0.5) is 4.39 Å². The predicted molar refractivity (Wildman–Crippen MR) is 113 cm³/mol. The molecule has 3 aromatic rings. The third kappa shape index (κ3) is 3.76. The van der Waals surface area contributed by atoms with Gasteiger partial charge in [0.05, 0.1) is 11.6 Å². The van der Waals surface area contributed by atoms with Gasteiger partial charge in [0.25, 0.3) is 11.7 Å². The number of benzene rings is 2. The molecule has 1 aliphatic rings. The van der Waals surface area contributed by atoms with Gasteiger partial charge in [-0.05, 0) is 41.5 Å². The number of Topliss-reactive ketones (excluding diaryl/α,β-unsaturated/α-hetero) is 1. The van der Waals surface area contributed by atoms with E-state index in [-0.39, 0.29) is 17.9 Å². The van der Waals surface area contributed by atoms with E-state index < -0.39 is 23.5 Å². The van der Waals surface area contributed by atoms with Crippen molar-refractivity contribution in [3.05, 3.63) is 106 Å². The quantitative estimate of drug-likeness (QED) is 0.346. The number of carbonyl (C=O) groups is 2. The fraction of sp³-hybridized carbons (Fsp3) is 0.0870. The molecule has 1 unspecified atom stereocenters. The minimum Gasteiger partial charge on any atom is -0.507 e. The fourth-order valence-corrected chi connectivity index (χ4v) is 3.75. The molecule has 4 rings (SSSR count). The lowest BCUT2D eigenvalue weighted by Crippen LogP contribution is -2.29. The summed E-state index contributed by atoms with van der Waals surface area (Å²) < 4.78 is 14.3. The summed E-state index contributed by atoms with van der Waals surface area (Å²) in [6, 6.07) is 15.0. The van der Waals surface area contributed by atoms with Gasteiger partial charge in [-0.1, -0.05) is 46.3 Å². The number of hydrogen-bond donors (Lipinski definition) is 1. The lowest BCUT2D eigenvalue weighted by atomic mass is 9.95. The number of carbonyl (C=O) groups excluding carboxylic acids is 2. The molecule has 2 heterocycles. The Morgan fingerprint density at radius 3 is 2.40 bits per heavy atom. The second kappa shape index (κ2) is 8.20. The lowest BCUT2D eigenvalue weighted by molar-refractivity contribution is -0.140. The molecule has 7 heteroatoms. The zero-order chi connectivity index (χ0) is 21.3. The summed E-state index contributed by atoms with van der Waals surface area (Å²) in [6.45, 7) is 0.123. The zero-order valence-corrected chi connectivity index (χ0v) is 17.2. The molecule has 1 atom stereocenters. The zero-order valence-electron chi connectivity index (χ0n) is 15.6. The Bertz CT molecular complexity index is 1130. The Morgan fingerprint density at radius 1 is 1.07 bits per heavy atom. The molecule has 0 aliphatic carbocycles. The van der Waals surface area contributed by atoms with Crippen LogP contribution >= 0.6 is 15.9 Å². The number of ketones is 1. The van der Waals surface area contributed by atoms with Gasteiger partial charge in [-0.2, -0.15) is 0 Å². The Morgan fingerprint density at radius 2 is 1.77 bits per heavy atom. The largest absolute Gasteiger partial charge is 0.507 e. The van der Waals surface area contributed by atoms with Crippen molar-refractivity contribution in [1.82, 2.24) is 9.88 Å². The Balaban J connectivity index is 1.85. The van der Waals surface area contributed by atoms with E-state index in [9.17, 15) is 19.1 Å². The van der Waals surface area contributed by atoms with Gasteiger partial charge in [0, 0.05) is 29.0 Å². The Hall–Kier alpha value is -3.32. The number of aromatic nitrogens is 1. The first kappa shape index (κ1) is 20.0. The van der Waals surface area contributed by atoms with E-state index in [1.54, 1.807) is 48.8 Å². The van der Waals surface area contributed by atoms with E-state index in [4.69, 9.17) is 0 Å².